The van der Waals surface area contributed by atoms with Crippen molar-refractivity contribution in [1.29, 1.82) is 0 Å². The molecule has 2 bridgehead atoms. The van der Waals surface area contributed by atoms with E-state index < -0.39 is 21.6 Å². The van der Waals surface area contributed by atoms with Crippen LogP contribution in [0.4, 0.5) is 24.8 Å². The summed E-state index contributed by atoms with van der Waals surface area (Å²) in [5.74, 6) is 4.94. The Morgan fingerprint density at radius 2 is 0.931 bits per heavy atom. The summed E-state index contributed by atoms with van der Waals surface area (Å²) in [5.41, 5.74) is 3.28. The first-order valence-corrected chi connectivity index (χ1v) is 31.9. The lowest BCUT2D eigenvalue weighted by Gasteiger charge is -2.40. The molecule has 0 N–H and O–H groups in total. The van der Waals surface area contributed by atoms with E-state index in [0.29, 0.717) is 41.2 Å². The van der Waals surface area contributed by atoms with Crippen LogP contribution in [0.2, 0.25) is 18.0 Å². The molecule has 0 unspecified atom stereocenters. The average Bonchev–Trinajstić information content (AvgIpc) is 1.78. The van der Waals surface area contributed by atoms with E-state index >= 15 is 0 Å². The molecule has 11 nitrogen and oxygen atoms in total. The minimum atomic E-state index is -5.96. The van der Waals surface area contributed by atoms with Crippen molar-refractivity contribution in [2.24, 2.45) is 11.8 Å². The van der Waals surface area contributed by atoms with E-state index in [1.807, 2.05) is 91.6 Å². The minimum absolute atomic E-state index is 0.0616. The summed E-state index contributed by atoms with van der Waals surface area (Å²) in [6, 6.07) is 55.6. The van der Waals surface area contributed by atoms with Gasteiger partial charge in [-0.05, 0) is 46.2 Å². The molecule has 2 aliphatic heterocycles. The molecule has 6 aromatic carbocycles. The second-order valence-electron chi connectivity index (χ2n) is 23.9. The standard InChI is InChI=1S/C31H32N4.C29H27F3N4O3S.C11H19B/c1-4-13-28-33-29-30(35(28)20-23(2)3)26-18-11-12-19-27(26)32-31(29)34(21-24-14-7-5-8-15-24)22-25-16-9-6-10-17-25;1-20(2)17-36-26-23-15-9-10-16-24(23)33-27(25(26)34-28(36)39-40(37,38)29(30,31)32)35(18-21-11-5-3-6-12-21)19-22-13-7-4-8-14-22;1-2-9-12-10-5-3-6-11(12)8-4-7-10/h4-12,14-19,23H,1,13,20-22H2,2-3H3;3-16,20H,17-19H2,1-2H3;2,10-11H,1,3-9H2. The lowest BCUT2D eigenvalue weighted by atomic mass is 9.26. The normalized spacial score (nSPS) is 15.1. The molecule has 0 amide bonds. The lowest BCUT2D eigenvalue weighted by Crippen LogP contribution is -2.33. The number of alkyl halides is 3. The number of anilines is 2. The van der Waals surface area contributed by atoms with Gasteiger partial charge >= 0.3 is 21.6 Å². The van der Waals surface area contributed by atoms with Gasteiger partial charge in [0, 0.05) is 56.5 Å². The van der Waals surface area contributed by atoms with E-state index in [1.54, 1.807) is 18.2 Å². The van der Waals surface area contributed by atoms with Gasteiger partial charge in [-0.3, -0.25) is 4.57 Å². The molecular formula is C71H78BF3N8O3S. The number of allylic oxidation sites excluding steroid dienone is 2. The third-order valence-electron chi connectivity index (χ3n) is 16.5. The van der Waals surface area contributed by atoms with Gasteiger partial charge in [-0.2, -0.15) is 26.6 Å². The fraction of sp³-hybridized carbons (Fsp3) is 0.324. The molecule has 0 atom stereocenters. The molecule has 450 valence electrons. The number of nitrogens with zero attached hydrogens (tertiary/aromatic N) is 8. The first-order chi connectivity index (χ1) is 42.1. The Morgan fingerprint density at radius 1 is 0.552 bits per heavy atom. The second kappa shape index (κ2) is 28.1. The third-order valence-corrected chi connectivity index (χ3v) is 17.4. The summed E-state index contributed by atoms with van der Waals surface area (Å²) in [7, 11) is -5.96. The van der Waals surface area contributed by atoms with Crippen LogP contribution >= 0.6 is 0 Å². The minimum Gasteiger partial charge on any atom is -0.346 e. The molecule has 0 radical (unpaired) electrons. The van der Waals surface area contributed by atoms with Crippen molar-refractivity contribution in [3.05, 3.63) is 223 Å². The highest BCUT2D eigenvalue weighted by Crippen LogP contribution is 2.48. The quantitative estimate of drug-likeness (QED) is 0.0319. The van der Waals surface area contributed by atoms with Crippen LogP contribution in [0, 0.1) is 11.8 Å². The van der Waals surface area contributed by atoms with E-state index in [2.05, 4.69) is 137 Å². The molecule has 4 aromatic heterocycles. The molecule has 0 spiro atoms. The number of para-hydroxylation sites is 2. The van der Waals surface area contributed by atoms with Crippen LogP contribution in [0.1, 0.15) is 94.3 Å². The first kappa shape index (κ1) is 61.8. The Morgan fingerprint density at radius 3 is 1.32 bits per heavy atom. The Bertz CT molecular complexity index is 3930. The molecule has 2 saturated heterocycles. The van der Waals surface area contributed by atoms with Crippen LogP contribution in [0.3, 0.4) is 0 Å². The fourth-order valence-electron chi connectivity index (χ4n) is 12.7. The lowest BCUT2D eigenvalue weighted by molar-refractivity contribution is -0.0503. The smallest absolute Gasteiger partial charge is 0.346 e. The van der Waals surface area contributed by atoms with Gasteiger partial charge in [0.2, 0.25) is 0 Å². The Hall–Kier alpha value is -8.24. The highest BCUT2D eigenvalue weighted by atomic mass is 32.2. The van der Waals surface area contributed by atoms with Crippen molar-refractivity contribution in [3.63, 3.8) is 0 Å². The maximum Gasteiger partial charge on any atom is 0.534 e. The largest absolute Gasteiger partial charge is 0.534 e. The molecule has 0 aliphatic carbocycles. The van der Waals surface area contributed by atoms with Gasteiger partial charge in [0.15, 0.2) is 11.6 Å². The number of pyridine rings is 2. The van der Waals surface area contributed by atoms with Crippen LogP contribution in [0.5, 0.6) is 6.01 Å². The van der Waals surface area contributed by atoms with E-state index in [0.717, 1.165) is 83.6 Å². The molecule has 16 heteroatoms. The van der Waals surface area contributed by atoms with Crippen LogP contribution in [0.15, 0.2) is 195 Å². The monoisotopic (exact) mass is 1190 g/mol. The number of benzene rings is 6. The van der Waals surface area contributed by atoms with Crippen molar-refractivity contribution < 1.29 is 25.8 Å². The summed E-state index contributed by atoms with van der Waals surface area (Å²) in [5, 5.41) is 1.77. The van der Waals surface area contributed by atoms with Crippen molar-refractivity contribution in [2.45, 2.75) is 135 Å². The number of hydrogen-bond acceptors (Lipinski definition) is 9. The van der Waals surface area contributed by atoms with Gasteiger partial charge < -0.3 is 18.6 Å². The van der Waals surface area contributed by atoms with E-state index in [1.165, 1.54) is 66.1 Å². The van der Waals surface area contributed by atoms with Gasteiger partial charge in [0.05, 0.1) is 22.1 Å². The molecular weight excluding hydrogens is 1110 g/mol. The third kappa shape index (κ3) is 14.8. The van der Waals surface area contributed by atoms with Crippen LogP contribution in [0.25, 0.3) is 43.9 Å². The van der Waals surface area contributed by atoms with Gasteiger partial charge in [-0.1, -0.05) is 254 Å². The molecule has 6 heterocycles. The summed E-state index contributed by atoms with van der Waals surface area (Å²) in [6.07, 6.45) is 15.1. The van der Waals surface area contributed by atoms with Crippen LogP contribution < -0.4 is 14.0 Å². The summed E-state index contributed by atoms with van der Waals surface area (Å²) < 4.78 is 72.6. The maximum absolute atomic E-state index is 13.3. The molecule has 0 saturated carbocycles. The number of imidazole rings is 2. The van der Waals surface area contributed by atoms with Gasteiger partial charge in [-0.25, -0.2) is 15.0 Å². The van der Waals surface area contributed by atoms with Crippen LogP contribution in [-0.2, 0) is 55.8 Å². The second-order valence-corrected chi connectivity index (χ2v) is 25.5. The van der Waals surface area contributed by atoms with E-state index in [-0.39, 0.29) is 18.0 Å². The van der Waals surface area contributed by atoms with Crippen molar-refractivity contribution in [2.75, 3.05) is 9.80 Å². The zero-order chi connectivity index (χ0) is 61.1. The van der Waals surface area contributed by atoms with Crippen LogP contribution in [-0.4, -0.2) is 49.7 Å². The van der Waals surface area contributed by atoms with Gasteiger partial charge in [0.25, 0.3) is 0 Å². The average molecular weight is 1190 g/mol. The van der Waals surface area contributed by atoms with E-state index in [4.69, 9.17) is 15.0 Å². The first-order valence-electron chi connectivity index (χ1n) is 30.5. The Labute approximate surface area is 510 Å². The maximum atomic E-state index is 13.3. The molecule has 2 aliphatic rings. The summed E-state index contributed by atoms with van der Waals surface area (Å²) in [4.78, 5) is 24.0. The number of aromatic nitrogens is 6. The highest BCUT2D eigenvalue weighted by Gasteiger charge is 2.49. The zero-order valence-corrected chi connectivity index (χ0v) is 51.2. The SMILES string of the molecule is C=CCB1C2CCCC1CCC2.C=CCc1nc2c(N(Cc3ccccc3)Cc3ccccc3)nc3ccccc3c2n1CC(C)C.CC(C)Cn1c(OS(=O)(=O)C(F)(F)F)nc2c(N(Cc3ccccc3)Cc3ccccc3)nc3ccccc3c21. The zero-order valence-electron chi connectivity index (χ0n) is 50.4. The Balaban J connectivity index is 0.000000162. The van der Waals surface area contributed by atoms with Crippen molar-refractivity contribution in [1.82, 2.24) is 29.1 Å². The number of fused-ring (bicyclic) bond motifs is 8. The predicted octanol–water partition coefficient (Wildman–Crippen LogP) is 17.6. The number of halogens is 3. The summed E-state index contributed by atoms with van der Waals surface area (Å²) >= 11 is 0. The van der Waals surface area contributed by atoms with E-state index in [9.17, 15) is 21.6 Å². The van der Waals surface area contributed by atoms with Gasteiger partial charge in [-0.15, -0.1) is 13.2 Å². The highest BCUT2D eigenvalue weighted by molar-refractivity contribution is 7.87. The Kier molecular flexibility index (Phi) is 20.0. The predicted molar refractivity (Wildman–Crippen MR) is 351 cm³/mol. The fourth-order valence-corrected chi connectivity index (χ4v) is 13.1. The molecule has 12 rings (SSSR count). The van der Waals surface area contributed by atoms with Crippen molar-refractivity contribution in [3.8, 4) is 6.01 Å². The molecule has 87 heavy (non-hydrogen) atoms. The van der Waals surface area contributed by atoms with Crippen molar-refractivity contribution >= 4 is 72.3 Å². The molecule has 2 fully saturated rings. The van der Waals surface area contributed by atoms with Gasteiger partial charge in [0.1, 0.15) is 23.6 Å². The topological polar surface area (TPSA) is 111 Å². The molecule has 10 aromatic rings. The number of rotatable bonds is 20. The summed E-state index contributed by atoms with van der Waals surface area (Å²) in [6.45, 7) is 20.6. The number of hydrogen-bond donors (Lipinski definition) is 0.